The largest absolute Gasteiger partial charge is 0.454 e. The van der Waals surface area contributed by atoms with E-state index in [4.69, 9.17) is 9.47 Å². The van der Waals surface area contributed by atoms with Gasteiger partial charge in [-0.2, -0.15) is 0 Å². The molecule has 1 heterocycles. The Balaban J connectivity index is 1.53. The summed E-state index contributed by atoms with van der Waals surface area (Å²) in [5.41, 5.74) is 13.2. The minimum absolute atomic E-state index is 0.324. The van der Waals surface area contributed by atoms with Crippen molar-refractivity contribution in [2.75, 3.05) is 13.3 Å². The normalized spacial score (nSPS) is 14.8. The highest BCUT2D eigenvalue weighted by Gasteiger charge is 2.12. The van der Waals surface area contributed by atoms with Crippen LogP contribution in [0.5, 0.6) is 11.5 Å². The maximum atomic E-state index is 5.47. The van der Waals surface area contributed by atoms with Crippen LogP contribution in [0.1, 0.15) is 158 Å². The molecule has 0 aliphatic carbocycles. The summed E-state index contributed by atoms with van der Waals surface area (Å²) in [6.45, 7) is 22.4. The Morgan fingerprint density at radius 2 is 0.824 bits per heavy atom. The third-order valence-corrected chi connectivity index (χ3v) is 9.64. The smallest absolute Gasteiger partial charge is 0.231 e. The van der Waals surface area contributed by atoms with Gasteiger partial charge in [-0.1, -0.05) is 99.3 Å². The lowest BCUT2D eigenvalue weighted by Crippen LogP contribution is -2.13. The first-order chi connectivity index (χ1) is 24.5. The first kappa shape index (κ1) is 43.9. The van der Waals surface area contributed by atoms with E-state index in [1.54, 1.807) is 0 Å². The van der Waals surface area contributed by atoms with Gasteiger partial charge in [0.2, 0.25) is 6.79 Å². The number of hydrogen-bond donors (Lipinski definition) is 1. The minimum Gasteiger partial charge on any atom is -0.454 e. The van der Waals surface area contributed by atoms with Crippen molar-refractivity contribution >= 4 is 0 Å². The SMILES string of the molecule is CC(C)=CCCC(C)=CCCC(C)=CCCC(C)=CCCC(C)=CCCC(C)=CCC/C(C)=C/CC/C(C)=C/CNCc1ccc2c(c1)OCO2. The Labute approximate surface area is 314 Å². The van der Waals surface area contributed by atoms with Gasteiger partial charge in [0.05, 0.1) is 0 Å². The summed E-state index contributed by atoms with van der Waals surface area (Å²) in [7, 11) is 0. The number of ether oxygens (including phenoxy) is 2. The van der Waals surface area contributed by atoms with E-state index in [2.05, 4.69) is 128 Å². The molecule has 3 heteroatoms. The molecule has 1 aromatic carbocycles. The van der Waals surface area contributed by atoms with Crippen molar-refractivity contribution in [2.24, 2.45) is 0 Å². The van der Waals surface area contributed by atoms with Gasteiger partial charge >= 0.3 is 0 Å². The maximum Gasteiger partial charge on any atom is 0.231 e. The zero-order valence-corrected chi connectivity index (χ0v) is 34.2. The molecule has 0 fully saturated rings. The zero-order chi connectivity index (χ0) is 37.3. The summed E-state index contributed by atoms with van der Waals surface area (Å²) < 4.78 is 10.9. The second kappa shape index (κ2) is 26.5. The molecule has 1 aromatic rings. The lowest BCUT2D eigenvalue weighted by Gasteiger charge is -2.05. The first-order valence-electron chi connectivity index (χ1n) is 19.8. The average Bonchev–Trinajstić information content (AvgIpc) is 3.55. The summed E-state index contributed by atoms with van der Waals surface area (Å²) in [6, 6.07) is 6.15. The van der Waals surface area contributed by atoms with Crippen LogP contribution in [0.3, 0.4) is 0 Å². The van der Waals surface area contributed by atoms with Crippen molar-refractivity contribution in [1.29, 1.82) is 0 Å². The number of hydrogen-bond acceptors (Lipinski definition) is 3. The van der Waals surface area contributed by atoms with E-state index in [1.807, 2.05) is 6.07 Å². The van der Waals surface area contributed by atoms with Gasteiger partial charge in [0.15, 0.2) is 11.5 Å². The van der Waals surface area contributed by atoms with Gasteiger partial charge in [0.25, 0.3) is 0 Å². The lowest BCUT2D eigenvalue weighted by atomic mass is 10.0. The molecule has 0 amide bonds. The maximum absolute atomic E-state index is 5.47. The lowest BCUT2D eigenvalue weighted by molar-refractivity contribution is 0.174. The van der Waals surface area contributed by atoms with E-state index < -0.39 is 0 Å². The van der Waals surface area contributed by atoms with Gasteiger partial charge < -0.3 is 14.8 Å². The zero-order valence-electron chi connectivity index (χ0n) is 34.2. The summed E-state index contributed by atoms with van der Waals surface area (Å²) in [5.74, 6) is 1.69. The van der Waals surface area contributed by atoms with Crippen LogP contribution in [-0.2, 0) is 6.54 Å². The second-order valence-corrected chi connectivity index (χ2v) is 15.2. The van der Waals surface area contributed by atoms with Crippen molar-refractivity contribution in [3.63, 3.8) is 0 Å². The van der Waals surface area contributed by atoms with Crippen LogP contribution >= 0.6 is 0 Å². The molecular weight excluding hydrogens is 623 g/mol. The topological polar surface area (TPSA) is 30.5 Å². The monoisotopic (exact) mass is 696 g/mol. The van der Waals surface area contributed by atoms with Gasteiger partial charge in [-0.3, -0.25) is 0 Å². The molecule has 1 N–H and O–H groups in total. The quantitative estimate of drug-likeness (QED) is 0.0816. The molecule has 0 spiro atoms. The highest BCUT2D eigenvalue weighted by Crippen LogP contribution is 2.32. The molecule has 0 radical (unpaired) electrons. The number of nitrogens with one attached hydrogen (secondary N) is 1. The molecule has 0 unspecified atom stereocenters. The molecule has 1 aliphatic heterocycles. The third kappa shape index (κ3) is 22.3. The summed E-state index contributed by atoms with van der Waals surface area (Å²) in [6.07, 6.45) is 35.5. The summed E-state index contributed by atoms with van der Waals surface area (Å²) >= 11 is 0. The summed E-state index contributed by atoms with van der Waals surface area (Å²) in [5, 5.41) is 3.51. The standard InChI is InChI=1S/C48H73NO2/c1-38(2)17-10-18-39(3)19-11-20-40(4)21-12-22-41(5)23-13-24-42(6)25-14-26-43(7)27-15-28-44(8)29-16-30-45(9)33-34-49-36-46-31-32-47-48(35-46)51-37-50-47/h17,19,21,23,25,27,29,31-33,35,49H,10-16,18,20,22,24,26,28,30,34,36-37H2,1-9H3/b39-19?,40-21?,41-23?,42-25?,43-27?,44-29+,45-33+. The fourth-order valence-electron chi connectivity index (χ4n) is 6.09. The predicted molar refractivity (Wildman–Crippen MR) is 225 cm³/mol. The fraction of sp³-hybridized carbons (Fsp3) is 0.542. The van der Waals surface area contributed by atoms with Crippen molar-refractivity contribution in [3.8, 4) is 11.5 Å². The van der Waals surface area contributed by atoms with Crippen LogP contribution in [0.25, 0.3) is 0 Å². The summed E-state index contributed by atoms with van der Waals surface area (Å²) in [4.78, 5) is 0. The fourth-order valence-corrected chi connectivity index (χ4v) is 6.09. The molecule has 3 nitrogen and oxygen atoms in total. The van der Waals surface area contributed by atoms with Crippen LogP contribution in [0.2, 0.25) is 0 Å². The molecule has 1 aliphatic rings. The van der Waals surface area contributed by atoms with Crippen LogP contribution < -0.4 is 14.8 Å². The Kier molecular flexibility index (Phi) is 22.8. The molecule has 282 valence electrons. The molecule has 0 aromatic heterocycles. The molecule has 0 saturated heterocycles. The van der Waals surface area contributed by atoms with Gasteiger partial charge in [0, 0.05) is 13.1 Å². The Morgan fingerprint density at radius 3 is 1.22 bits per heavy atom. The van der Waals surface area contributed by atoms with Gasteiger partial charge in [0.1, 0.15) is 0 Å². The number of rotatable bonds is 25. The number of allylic oxidation sites excluding steroid dienone is 15. The minimum atomic E-state index is 0.324. The Bertz CT molecular complexity index is 1420. The van der Waals surface area contributed by atoms with Gasteiger partial charge in [-0.15, -0.1) is 0 Å². The van der Waals surface area contributed by atoms with Gasteiger partial charge in [-0.05, 0) is 170 Å². The molecule has 0 saturated carbocycles. The van der Waals surface area contributed by atoms with Crippen molar-refractivity contribution in [3.05, 3.63) is 117 Å². The molecule has 51 heavy (non-hydrogen) atoms. The van der Waals surface area contributed by atoms with Crippen molar-refractivity contribution in [2.45, 2.75) is 159 Å². The highest BCUT2D eigenvalue weighted by molar-refractivity contribution is 5.44. The Morgan fingerprint density at radius 1 is 0.471 bits per heavy atom. The van der Waals surface area contributed by atoms with Crippen LogP contribution in [0.15, 0.2) is 111 Å². The van der Waals surface area contributed by atoms with Crippen molar-refractivity contribution < 1.29 is 9.47 Å². The van der Waals surface area contributed by atoms with E-state index >= 15 is 0 Å². The number of benzene rings is 1. The highest BCUT2D eigenvalue weighted by atomic mass is 16.7. The van der Waals surface area contributed by atoms with Gasteiger partial charge in [-0.25, -0.2) is 0 Å². The molecular formula is C48H73NO2. The van der Waals surface area contributed by atoms with Crippen LogP contribution in [0.4, 0.5) is 0 Å². The average molecular weight is 696 g/mol. The van der Waals surface area contributed by atoms with E-state index in [0.717, 1.165) is 69.5 Å². The molecule has 0 atom stereocenters. The van der Waals surface area contributed by atoms with Crippen molar-refractivity contribution in [1.82, 2.24) is 5.32 Å². The van der Waals surface area contributed by atoms with Crippen LogP contribution in [0, 0.1) is 0 Å². The molecule has 2 rings (SSSR count). The van der Waals surface area contributed by atoms with E-state index in [1.165, 1.54) is 95.1 Å². The first-order valence-corrected chi connectivity index (χ1v) is 19.8. The predicted octanol–water partition coefficient (Wildman–Crippen LogP) is 14.6. The molecule has 0 bridgehead atoms. The Hall–Kier alpha value is -3.30. The third-order valence-electron chi connectivity index (χ3n) is 9.64. The van der Waals surface area contributed by atoms with E-state index in [-0.39, 0.29) is 0 Å². The van der Waals surface area contributed by atoms with E-state index in [9.17, 15) is 0 Å². The van der Waals surface area contributed by atoms with E-state index in [0.29, 0.717) is 6.79 Å². The van der Waals surface area contributed by atoms with Crippen LogP contribution in [-0.4, -0.2) is 13.3 Å². The number of fused-ring (bicyclic) bond motifs is 1. The second-order valence-electron chi connectivity index (χ2n) is 15.2.